The van der Waals surface area contributed by atoms with Gasteiger partial charge in [0.05, 0.1) is 11.9 Å². The number of nitrogens with two attached hydrogens (primary N) is 1. The lowest BCUT2D eigenvalue weighted by molar-refractivity contribution is 0.102. The van der Waals surface area contributed by atoms with Gasteiger partial charge in [0.1, 0.15) is 5.82 Å². The molecule has 2 rings (SSSR count). The van der Waals surface area contributed by atoms with Crippen LogP contribution in [0.5, 0.6) is 0 Å². The number of hydrogen-bond donors (Lipinski definition) is 3. The van der Waals surface area contributed by atoms with E-state index in [1.165, 1.54) is 18.5 Å². The average molecular weight is 220 g/mol. The maximum atomic E-state index is 13.0. The normalized spacial score (nSPS) is 10.1. The number of amides is 1. The number of rotatable bonds is 2. The van der Waals surface area contributed by atoms with Gasteiger partial charge in [-0.1, -0.05) is 0 Å². The van der Waals surface area contributed by atoms with Crippen molar-refractivity contribution in [2.45, 2.75) is 0 Å². The van der Waals surface area contributed by atoms with Crippen molar-refractivity contribution in [2.24, 2.45) is 0 Å². The summed E-state index contributed by atoms with van der Waals surface area (Å²) in [4.78, 5) is 11.6. The first-order chi connectivity index (χ1) is 7.65. The minimum Gasteiger partial charge on any atom is -0.399 e. The van der Waals surface area contributed by atoms with Crippen molar-refractivity contribution in [3.63, 3.8) is 0 Å². The number of carbonyl (C=O) groups is 1. The van der Waals surface area contributed by atoms with E-state index in [9.17, 15) is 9.18 Å². The molecule has 82 valence electrons. The van der Waals surface area contributed by atoms with Crippen LogP contribution in [0.2, 0.25) is 0 Å². The van der Waals surface area contributed by atoms with Crippen molar-refractivity contribution < 1.29 is 9.18 Å². The van der Waals surface area contributed by atoms with Gasteiger partial charge in [0.15, 0.2) is 0 Å². The maximum Gasteiger partial charge on any atom is 0.255 e. The van der Waals surface area contributed by atoms with Crippen LogP contribution in [0.4, 0.5) is 15.8 Å². The average Bonchev–Trinajstić information content (AvgIpc) is 2.68. The highest BCUT2D eigenvalue weighted by molar-refractivity contribution is 6.04. The first-order valence-electron chi connectivity index (χ1n) is 4.51. The van der Waals surface area contributed by atoms with Crippen molar-refractivity contribution in [1.29, 1.82) is 0 Å². The predicted molar refractivity (Wildman–Crippen MR) is 57.4 cm³/mol. The quantitative estimate of drug-likeness (QED) is 0.668. The second-order valence-electron chi connectivity index (χ2n) is 3.21. The van der Waals surface area contributed by atoms with E-state index in [1.807, 2.05) is 0 Å². The zero-order valence-corrected chi connectivity index (χ0v) is 8.20. The van der Waals surface area contributed by atoms with E-state index >= 15 is 0 Å². The van der Waals surface area contributed by atoms with Crippen LogP contribution in [0.15, 0.2) is 30.6 Å². The molecular weight excluding hydrogens is 211 g/mol. The molecule has 6 heteroatoms. The molecular formula is C10H9FN4O. The van der Waals surface area contributed by atoms with Crippen LogP contribution in [0.3, 0.4) is 0 Å². The van der Waals surface area contributed by atoms with Crippen molar-refractivity contribution in [1.82, 2.24) is 10.2 Å². The Balaban J connectivity index is 2.21. The summed E-state index contributed by atoms with van der Waals surface area (Å²) >= 11 is 0. The molecule has 1 aromatic heterocycles. The highest BCUT2D eigenvalue weighted by Crippen LogP contribution is 2.12. The molecule has 0 aliphatic heterocycles. The topological polar surface area (TPSA) is 83.8 Å². The summed E-state index contributed by atoms with van der Waals surface area (Å²) in [6, 6.07) is 3.67. The standard InChI is InChI=1S/C10H9FN4O/c11-7-1-6(2-8(12)3-7)10(16)15-9-4-13-14-5-9/h1-5H,12H2,(H,13,14)(H,15,16). The molecule has 5 nitrogen and oxygen atoms in total. The molecule has 0 atom stereocenters. The lowest BCUT2D eigenvalue weighted by atomic mass is 10.2. The first kappa shape index (κ1) is 10.2. The molecule has 4 N–H and O–H groups in total. The molecule has 1 heterocycles. The van der Waals surface area contributed by atoms with Crippen LogP contribution in [-0.2, 0) is 0 Å². The lowest BCUT2D eigenvalue weighted by Gasteiger charge is -2.03. The number of nitrogens with zero attached hydrogens (tertiary/aromatic N) is 1. The van der Waals surface area contributed by atoms with Crippen LogP contribution < -0.4 is 11.1 Å². The number of aromatic amines is 1. The third kappa shape index (κ3) is 2.17. The lowest BCUT2D eigenvalue weighted by Crippen LogP contribution is -2.12. The molecule has 0 spiro atoms. The zero-order valence-electron chi connectivity index (χ0n) is 8.20. The second-order valence-corrected chi connectivity index (χ2v) is 3.21. The Kier molecular flexibility index (Phi) is 2.55. The number of nitrogen functional groups attached to an aromatic ring is 1. The van der Waals surface area contributed by atoms with Gasteiger partial charge in [-0.2, -0.15) is 5.10 Å². The molecule has 0 aliphatic rings. The number of anilines is 2. The van der Waals surface area contributed by atoms with Crippen LogP contribution in [0, 0.1) is 5.82 Å². The van der Waals surface area contributed by atoms with Gasteiger partial charge in [-0.25, -0.2) is 4.39 Å². The van der Waals surface area contributed by atoms with Gasteiger partial charge in [-0.05, 0) is 18.2 Å². The van der Waals surface area contributed by atoms with Crippen molar-refractivity contribution in [3.05, 3.63) is 42.0 Å². The summed E-state index contributed by atoms with van der Waals surface area (Å²) in [5, 5.41) is 8.75. The van der Waals surface area contributed by atoms with Crippen molar-refractivity contribution in [3.8, 4) is 0 Å². The number of nitrogens with one attached hydrogen (secondary N) is 2. The third-order valence-electron chi connectivity index (χ3n) is 1.94. The summed E-state index contributed by atoms with van der Waals surface area (Å²) in [7, 11) is 0. The van der Waals surface area contributed by atoms with Crippen molar-refractivity contribution in [2.75, 3.05) is 11.1 Å². The molecule has 0 unspecified atom stereocenters. The summed E-state index contributed by atoms with van der Waals surface area (Å²) in [6.45, 7) is 0. The summed E-state index contributed by atoms with van der Waals surface area (Å²) in [5.41, 5.74) is 6.31. The smallest absolute Gasteiger partial charge is 0.255 e. The Hall–Kier alpha value is -2.37. The van der Waals surface area contributed by atoms with E-state index in [1.54, 1.807) is 0 Å². The number of aromatic nitrogens is 2. The van der Waals surface area contributed by atoms with Crippen LogP contribution in [0.25, 0.3) is 0 Å². The van der Waals surface area contributed by atoms with E-state index in [2.05, 4.69) is 15.5 Å². The number of H-pyrrole nitrogens is 1. The molecule has 0 radical (unpaired) electrons. The van der Waals surface area contributed by atoms with Gasteiger partial charge < -0.3 is 11.1 Å². The Morgan fingerprint density at radius 2 is 2.25 bits per heavy atom. The number of hydrogen-bond acceptors (Lipinski definition) is 3. The van der Waals surface area contributed by atoms with Crippen LogP contribution in [-0.4, -0.2) is 16.1 Å². The van der Waals surface area contributed by atoms with Gasteiger partial charge in [0, 0.05) is 17.4 Å². The Morgan fingerprint density at radius 1 is 1.44 bits per heavy atom. The SMILES string of the molecule is Nc1cc(F)cc(C(=O)Nc2cn[nH]c2)c1. The third-order valence-corrected chi connectivity index (χ3v) is 1.94. The molecule has 0 bridgehead atoms. The van der Waals surface area contributed by atoms with E-state index in [0.717, 1.165) is 12.1 Å². The molecule has 0 fully saturated rings. The fourth-order valence-corrected chi connectivity index (χ4v) is 1.27. The fourth-order valence-electron chi connectivity index (χ4n) is 1.27. The van der Waals surface area contributed by atoms with Gasteiger partial charge in [-0.3, -0.25) is 9.89 Å². The minimum absolute atomic E-state index is 0.165. The Bertz CT molecular complexity index is 489. The van der Waals surface area contributed by atoms with Crippen molar-refractivity contribution >= 4 is 17.3 Å². The molecule has 1 aromatic carbocycles. The minimum atomic E-state index is -0.544. The maximum absolute atomic E-state index is 13.0. The Morgan fingerprint density at radius 3 is 2.88 bits per heavy atom. The van der Waals surface area contributed by atoms with Gasteiger partial charge in [0.2, 0.25) is 0 Å². The largest absolute Gasteiger partial charge is 0.399 e. The molecule has 16 heavy (non-hydrogen) atoms. The molecule has 2 aromatic rings. The first-order valence-corrected chi connectivity index (χ1v) is 4.51. The zero-order chi connectivity index (χ0) is 11.5. The Labute approximate surface area is 90.5 Å². The van der Waals surface area contributed by atoms with Gasteiger partial charge in [-0.15, -0.1) is 0 Å². The highest BCUT2D eigenvalue weighted by Gasteiger charge is 2.08. The number of benzene rings is 1. The number of carbonyl (C=O) groups excluding carboxylic acids is 1. The fraction of sp³-hybridized carbons (Fsp3) is 0. The monoisotopic (exact) mass is 220 g/mol. The van der Waals surface area contributed by atoms with Crippen LogP contribution >= 0.6 is 0 Å². The predicted octanol–water partition coefficient (Wildman–Crippen LogP) is 1.38. The molecule has 1 amide bonds. The molecule has 0 saturated heterocycles. The molecule has 0 aliphatic carbocycles. The van der Waals surface area contributed by atoms with Gasteiger partial charge in [0.25, 0.3) is 5.91 Å². The van der Waals surface area contributed by atoms with Gasteiger partial charge >= 0.3 is 0 Å². The number of halogens is 1. The highest BCUT2D eigenvalue weighted by atomic mass is 19.1. The summed E-state index contributed by atoms with van der Waals surface area (Å²) < 4.78 is 13.0. The van der Waals surface area contributed by atoms with E-state index < -0.39 is 11.7 Å². The van der Waals surface area contributed by atoms with E-state index in [-0.39, 0.29) is 11.3 Å². The van der Waals surface area contributed by atoms with Crippen LogP contribution in [0.1, 0.15) is 10.4 Å². The summed E-state index contributed by atoms with van der Waals surface area (Å²) in [6.07, 6.45) is 2.96. The van der Waals surface area contributed by atoms with E-state index in [4.69, 9.17) is 5.73 Å². The van der Waals surface area contributed by atoms with E-state index in [0.29, 0.717) is 5.69 Å². The second kappa shape index (κ2) is 4.01. The molecule has 0 saturated carbocycles. The summed E-state index contributed by atoms with van der Waals surface area (Å²) in [5.74, 6) is -0.982.